The maximum absolute atomic E-state index is 13.6. The summed E-state index contributed by atoms with van der Waals surface area (Å²) in [6, 6.07) is 28.6. The Hall–Kier alpha value is -4.52. The van der Waals surface area contributed by atoms with Gasteiger partial charge in [-0.3, -0.25) is 19.8 Å². The van der Waals surface area contributed by atoms with Gasteiger partial charge in [-0.1, -0.05) is 54.4 Å². The summed E-state index contributed by atoms with van der Waals surface area (Å²) in [5, 5.41) is 29.9. The second kappa shape index (κ2) is 22.9. The molecule has 0 radical (unpaired) electrons. The number of nitro benzene ring substituents is 1. The maximum Gasteiger partial charge on any atom is 0.293 e. The first-order valence-electron chi connectivity index (χ1n) is 24.0. The minimum absolute atomic E-state index is 0.161. The van der Waals surface area contributed by atoms with E-state index in [1.165, 1.54) is 28.8 Å². The molecule has 1 aliphatic carbocycles. The fraction of sp³-hybridized carbons (Fsp3) is 0.471. The van der Waals surface area contributed by atoms with E-state index in [4.69, 9.17) is 11.6 Å². The van der Waals surface area contributed by atoms with E-state index in [0.29, 0.717) is 25.0 Å². The molecule has 3 heterocycles. The van der Waals surface area contributed by atoms with Crippen molar-refractivity contribution in [2.45, 2.75) is 67.4 Å². The number of benzene rings is 4. The minimum atomic E-state index is -4.47. The number of amides is 1. The van der Waals surface area contributed by atoms with E-state index in [1.807, 2.05) is 54.6 Å². The number of anilines is 2. The summed E-state index contributed by atoms with van der Waals surface area (Å²) in [6.07, 6.45) is 5.09. The number of allylic oxidation sites excluding steroid dienone is 1. The molecule has 17 heteroatoms. The number of aliphatic hydroxyl groups is 1. The molecule has 0 saturated carbocycles. The third kappa shape index (κ3) is 13.4. The first-order chi connectivity index (χ1) is 32.8. The molecule has 2 atom stereocenters. The van der Waals surface area contributed by atoms with Gasteiger partial charge in [-0.05, 0) is 116 Å². The number of hydrogen-bond acceptors (Lipinski definition) is 13. The van der Waals surface area contributed by atoms with Gasteiger partial charge < -0.3 is 30.4 Å². The molecule has 364 valence electrons. The third-order valence-corrected chi connectivity index (χ3v) is 16.7. The zero-order chi connectivity index (χ0) is 47.7. The van der Waals surface area contributed by atoms with Crippen molar-refractivity contribution in [2.24, 2.45) is 5.41 Å². The molecule has 8 rings (SSSR count). The summed E-state index contributed by atoms with van der Waals surface area (Å²) in [4.78, 5) is 35.6. The summed E-state index contributed by atoms with van der Waals surface area (Å²) >= 11 is 7.93. The van der Waals surface area contributed by atoms with E-state index in [1.54, 1.807) is 23.9 Å². The standard InChI is InChI=1S/C51H65ClN8O6S2/c1-51(37-58-27-22-53-23-28-58)21-17-47(38-7-11-41(52)12-8-38)40(34-51)35-57-29-31-59(32-30-57)43-13-9-39(10-14-43)50(62)55-68(65,66)46-15-16-48(49(33-46)60(63)64)54-42(36-67-45-5-3-2-4-6-45)18-24-56-25-19-44(61)20-26-56/h2-16,33,42,44,53-54,61H,17-32,34-37H2,1H3,(H,55,62)/t42-,51?/m1/s1. The molecular formula is C51H65ClN8O6S2. The predicted molar refractivity (Wildman–Crippen MR) is 273 cm³/mol. The number of thioether (sulfide) groups is 1. The number of carbonyl (C=O) groups excluding carboxylic acids is 1. The first kappa shape index (κ1) is 49.9. The van der Waals surface area contributed by atoms with Gasteiger partial charge in [0.25, 0.3) is 21.6 Å². The van der Waals surface area contributed by atoms with Crippen LogP contribution >= 0.6 is 23.4 Å². The van der Waals surface area contributed by atoms with Crippen LogP contribution in [0.25, 0.3) is 5.57 Å². The van der Waals surface area contributed by atoms with Crippen LogP contribution in [0.2, 0.25) is 5.02 Å². The largest absolute Gasteiger partial charge is 0.393 e. The van der Waals surface area contributed by atoms with E-state index in [0.717, 1.165) is 126 Å². The number of nitrogens with zero attached hydrogens (tertiary/aromatic N) is 5. The summed E-state index contributed by atoms with van der Waals surface area (Å²) in [6.45, 7) is 14.4. The molecule has 1 amide bonds. The van der Waals surface area contributed by atoms with Gasteiger partial charge in [-0.25, -0.2) is 13.1 Å². The van der Waals surface area contributed by atoms with Gasteiger partial charge in [-0.15, -0.1) is 11.8 Å². The molecule has 1 unspecified atom stereocenters. The van der Waals surface area contributed by atoms with E-state index < -0.39 is 26.5 Å². The first-order valence-corrected chi connectivity index (χ1v) is 26.8. The summed E-state index contributed by atoms with van der Waals surface area (Å²) in [5.74, 6) is -0.207. The van der Waals surface area contributed by atoms with Crippen molar-refractivity contribution in [2.75, 3.05) is 101 Å². The SMILES string of the molecule is CC1(CN2CCNCC2)CCC(c2ccc(Cl)cc2)=C(CN2CCN(c3ccc(C(=O)NS(=O)(=O)c4ccc(N[C@H](CCN5CCC(O)CC5)CSc5ccccc5)c([N+](=O)[O-])c4)cc3)CC2)C1. The third-order valence-electron chi connectivity index (χ3n) is 13.9. The van der Waals surface area contributed by atoms with Crippen LogP contribution in [0.5, 0.6) is 0 Å². The Kier molecular flexibility index (Phi) is 16.8. The van der Waals surface area contributed by atoms with Crippen LogP contribution in [0.15, 0.2) is 112 Å². The molecule has 4 aromatic carbocycles. The topological polar surface area (TPSA) is 164 Å². The Labute approximate surface area is 410 Å². The molecule has 68 heavy (non-hydrogen) atoms. The second-order valence-corrected chi connectivity index (χ2v) is 22.3. The van der Waals surface area contributed by atoms with Crippen molar-refractivity contribution in [1.29, 1.82) is 0 Å². The number of piperazine rings is 2. The van der Waals surface area contributed by atoms with Crippen molar-refractivity contribution >= 4 is 61.9 Å². The fourth-order valence-electron chi connectivity index (χ4n) is 10.1. The molecule has 0 bridgehead atoms. The highest BCUT2D eigenvalue weighted by molar-refractivity contribution is 7.99. The zero-order valence-electron chi connectivity index (χ0n) is 39.0. The van der Waals surface area contributed by atoms with Crippen molar-refractivity contribution in [3.63, 3.8) is 0 Å². The number of piperidine rings is 1. The number of hydrogen-bond donors (Lipinski definition) is 4. The number of halogens is 1. The molecule has 3 saturated heterocycles. The van der Waals surface area contributed by atoms with Gasteiger partial charge in [0.2, 0.25) is 0 Å². The second-order valence-electron chi connectivity index (χ2n) is 19.1. The van der Waals surface area contributed by atoms with Gasteiger partial charge >= 0.3 is 0 Å². The maximum atomic E-state index is 13.6. The number of likely N-dealkylation sites (tertiary alicyclic amines) is 1. The van der Waals surface area contributed by atoms with Crippen molar-refractivity contribution in [3.05, 3.63) is 129 Å². The summed E-state index contributed by atoms with van der Waals surface area (Å²) < 4.78 is 29.3. The van der Waals surface area contributed by atoms with Crippen LogP contribution in [-0.2, 0) is 10.0 Å². The van der Waals surface area contributed by atoms with Crippen molar-refractivity contribution in [3.8, 4) is 0 Å². The lowest BCUT2D eigenvalue weighted by Gasteiger charge is -2.43. The highest BCUT2D eigenvalue weighted by atomic mass is 35.5. The molecule has 4 aliphatic rings. The number of rotatable bonds is 18. The number of aliphatic hydroxyl groups excluding tert-OH is 1. The highest BCUT2D eigenvalue weighted by Crippen LogP contribution is 2.44. The zero-order valence-corrected chi connectivity index (χ0v) is 41.3. The quantitative estimate of drug-likeness (QED) is 0.0442. The monoisotopic (exact) mass is 984 g/mol. The molecule has 4 aromatic rings. The van der Waals surface area contributed by atoms with E-state index >= 15 is 0 Å². The lowest BCUT2D eigenvalue weighted by Crippen LogP contribution is -2.49. The Morgan fingerprint density at radius 2 is 1.62 bits per heavy atom. The van der Waals surface area contributed by atoms with E-state index in [9.17, 15) is 28.4 Å². The number of carbonyl (C=O) groups is 1. The minimum Gasteiger partial charge on any atom is -0.393 e. The van der Waals surface area contributed by atoms with E-state index in [2.05, 4.69) is 54.0 Å². The van der Waals surface area contributed by atoms with Gasteiger partial charge in [0, 0.05) is 124 Å². The summed E-state index contributed by atoms with van der Waals surface area (Å²) in [7, 11) is -4.47. The Bertz CT molecular complexity index is 2480. The summed E-state index contributed by atoms with van der Waals surface area (Å²) in [5.41, 5.74) is 5.34. The smallest absolute Gasteiger partial charge is 0.293 e. The number of nitrogens with one attached hydrogen (secondary N) is 3. The van der Waals surface area contributed by atoms with Crippen molar-refractivity contribution in [1.82, 2.24) is 24.7 Å². The van der Waals surface area contributed by atoms with Crippen LogP contribution < -0.4 is 20.3 Å². The predicted octanol–water partition coefficient (Wildman–Crippen LogP) is 7.46. The lowest BCUT2D eigenvalue weighted by atomic mass is 9.71. The average Bonchev–Trinajstić information content (AvgIpc) is 3.34. The Morgan fingerprint density at radius 3 is 2.31 bits per heavy atom. The van der Waals surface area contributed by atoms with Gasteiger partial charge in [0.1, 0.15) is 5.69 Å². The van der Waals surface area contributed by atoms with Crippen LogP contribution in [-0.4, -0.2) is 142 Å². The number of nitro groups is 1. The fourth-order valence-corrected chi connectivity index (χ4v) is 12.2. The number of sulfonamides is 1. The molecule has 3 fully saturated rings. The molecule has 0 aromatic heterocycles. The van der Waals surface area contributed by atoms with Crippen LogP contribution in [0.4, 0.5) is 17.1 Å². The van der Waals surface area contributed by atoms with Gasteiger partial charge in [0.05, 0.1) is 15.9 Å². The van der Waals surface area contributed by atoms with Crippen molar-refractivity contribution < 1.29 is 23.2 Å². The molecule has 0 spiro atoms. The normalized spacial score (nSPS) is 20.8. The van der Waals surface area contributed by atoms with Gasteiger partial charge in [0.15, 0.2) is 0 Å². The highest BCUT2D eigenvalue weighted by Gasteiger charge is 2.35. The molecule has 14 nitrogen and oxygen atoms in total. The van der Waals surface area contributed by atoms with Crippen LogP contribution in [0, 0.1) is 15.5 Å². The Morgan fingerprint density at radius 1 is 0.912 bits per heavy atom. The lowest BCUT2D eigenvalue weighted by molar-refractivity contribution is -0.384. The van der Waals surface area contributed by atoms with E-state index in [-0.39, 0.29) is 33.7 Å². The molecule has 4 N–H and O–H groups in total. The van der Waals surface area contributed by atoms with Crippen LogP contribution in [0.3, 0.4) is 0 Å². The average molecular weight is 986 g/mol. The van der Waals surface area contributed by atoms with Crippen LogP contribution in [0.1, 0.15) is 61.4 Å². The molecule has 3 aliphatic heterocycles. The Balaban J connectivity index is 0.877. The molecular weight excluding hydrogens is 920 g/mol. The van der Waals surface area contributed by atoms with Gasteiger partial charge in [-0.2, -0.15) is 0 Å².